The number of aryl methyl sites for hydroxylation is 1. The number of aromatic nitrogens is 3. The Labute approximate surface area is 136 Å². The first kappa shape index (κ1) is 14.8. The Balaban J connectivity index is 2.02. The van der Waals surface area contributed by atoms with Crippen molar-refractivity contribution < 1.29 is 4.52 Å². The average Bonchev–Trinajstić information content (AvgIpc) is 2.84. The molecule has 0 radical (unpaired) electrons. The van der Waals surface area contributed by atoms with Crippen LogP contribution in [0.5, 0.6) is 0 Å². The maximum absolute atomic E-state index is 11.9. The minimum Gasteiger partial charge on any atom is -0.361 e. The van der Waals surface area contributed by atoms with E-state index in [4.69, 9.17) is 27.7 Å². The zero-order chi connectivity index (χ0) is 15.7. The van der Waals surface area contributed by atoms with E-state index in [0.717, 1.165) is 11.1 Å². The fourth-order valence-corrected chi connectivity index (χ4v) is 2.35. The Morgan fingerprint density at radius 1 is 1.18 bits per heavy atom. The Morgan fingerprint density at radius 2 is 1.91 bits per heavy atom. The second-order valence-corrected chi connectivity index (χ2v) is 5.62. The van der Waals surface area contributed by atoms with E-state index >= 15 is 0 Å². The summed E-state index contributed by atoms with van der Waals surface area (Å²) >= 11 is 11.7. The summed E-state index contributed by atoms with van der Waals surface area (Å²) in [7, 11) is 0. The lowest BCUT2D eigenvalue weighted by Crippen LogP contribution is -2.22. The highest BCUT2D eigenvalue weighted by molar-refractivity contribution is 6.30. The van der Waals surface area contributed by atoms with Crippen LogP contribution < -0.4 is 5.56 Å². The zero-order valence-electron chi connectivity index (χ0n) is 11.6. The summed E-state index contributed by atoms with van der Waals surface area (Å²) < 4.78 is 6.57. The summed E-state index contributed by atoms with van der Waals surface area (Å²) in [4.78, 5) is 11.9. The summed E-state index contributed by atoms with van der Waals surface area (Å²) in [6, 6.07) is 8.57. The highest BCUT2D eigenvalue weighted by Gasteiger charge is 2.16. The van der Waals surface area contributed by atoms with Gasteiger partial charge in [-0.2, -0.15) is 5.10 Å². The van der Waals surface area contributed by atoms with Crippen molar-refractivity contribution in [3.8, 4) is 11.3 Å². The number of halogens is 2. The van der Waals surface area contributed by atoms with Gasteiger partial charge in [0.2, 0.25) is 0 Å². The lowest BCUT2D eigenvalue weighted by molar-refractivity contribution is 0.397. The van der Waals surface area contributed by atoms with E-state index in [1.54, 1.807) is 19.1 Å². The standard InChI is InChI=1S/C15H11Cl2N3O2/c1-9-13(8-20-14(21)6-12(17)7-18-20)15(19-22-9)10-2-4-11(16)5-3-10/h2-7H,8H2,1H3. The van der Waals surface area contributed by atoms with Gasteiger partial charge in [0.1, 0.15) is 11.5 Å². The number of benzene rings is 1. The van der Waals surface area contributed by atoms with Crippen LogP contribution in [-0.4, -0.2) is 14.9 Å². The Hall–Kier alpha value is -2.11. The minimum atomic E-state index is -0.282. The molecule has 2 aromatic heterocycles. The molecule has 0 spiro atoms. The highest BCUT2D eigenvalue weighted by atomic mass is 35.5. The second kappa shape index (κ2) is 5.94. The molecule has 0 aliphatic heterocycles. The molecule has 1 aromatic carbocycles. The quantitative estimate of drug-likeness (QED) is 0.734. The Bertz CT molecular complexity index is 869. The van der Waals surface area contributed by atoms with Crippen LogP contribution in [0.4, 0.5) is 0 Å². The predicted molar refractivity (Wildman–Crippen MR) is 84.3 cm³/mol. The van der Waals surface area contributed by atoms with Gasteiger partial charge < -0.3 is 4.52 Å². The van der Waals surface area contributed by atoms with Crippen molar-refractivity contribution in [3.05, 3.63) is 68.3 Å². The summed E-state index contributed by atoms with van der Waals surface area (Å²) in [6.45, 7) is 2.05. The van der Waals surface area contributed by atoms with Crippen molar-refractivity contribution in [2.24, 2.45) is 0 Å². The van der Waals surface area contributed by atoms with Gasteiger partial charge in [0.25, 0.3) is 5.56 Å². The summed E-state index contributed by atoms with van der Waals surface area (Å²) in [5.41, 5.74) is 2.03. The maximum atomic E-state index is 11.9. The van der Waals surface area contributed by atoms with Crippen LogP contribution in [0.2, 0.25) is 10.0 Å². The Kier molecular flexibility index (Phi) is 4.00. The molecule has 0 amide bonds. The smallest absolute Gasteiger partial charge is 0.268 e. The molecule has 0 fully saturated rings. The molecule has 0 saturated carbocycles. The van der Waals surface area contributed by atoms with Crippen molar-refractivity contribution in [1.82, 2.24) is 14.9 Å². The highest BCUT2D eigenvalue weighted by Crippen LogP contribution is 2.26. The molecule has 0 aliphatic rings. The molecule has 22 heavy (non-hydrogen) atoms. The van der Waals surface area contributed by atoms with E-state index in [9.17, 15) is 4.79 Å². The van der Waals surface area contributed by atoms with E-state index in [1.165, 1.54) is 16.9 Å². The lowest BCUT2D eigenvalue weighted by atomic mass is 10.1. The molecule has 112 valence electrons. The molecule has 0 bridgehead atoms. The third-order valence-corrected chi connectivity index (χ3v) is 3.71. The molecular formula is C15H11Cl2N3O2. The van der Waals surface area contributed by atoms with Crippen molar-refractivity contribution in [2.45, 2.75) is 13.5 Å². The topological polar surface area (TPSA) is 60.9 Å². The minimum absolute atomic E-state index is 0.253. The first-order chi connectivity index (χ1) is 10.5. The van der Waals surface area contributed by atoms with Crippen LogP contribution in [-0.2, 0) is 6.54 Å². The summed E-state index contributed by atoms with van der Waals surface area (Å²) in [5.74, 6) is 0.633. The molecule has 0 atom stereocenters. The van der Waals surface area contributed by atoms with Gasteiger partial charge in [-0.1, -0.05) is 40.5 Å². The van der Waals surface area contributed by atoms with Crippen LogP contribution in [0.15, 0.2) is 45.8 Å². The normalized spacial score (nSPS) is 10.9. The van der Waals surface area contributed by atoms with E-state index in [1.807, 2.05) is 12.1 Å². The SMILES string of the molecule is Cc1onc(-c2ccc(Cl)cc2)c1Cn1ncc(Cl)cc1=O. The maximum Gasteiger partial charge on any atom is 0.268 e. The molecule has 0 unspecified atom stereocenters. The van der Waals surface area contributed by atoms with Crippen LogP contribution in [0.25, 0.3) is 11.3 Å². The van der Waals surface area contributed by atoms with E-state index < -0.39 is 0 Å². The molecule has 0 aliphatic carbocycles. The fraction of sp³-hybridized carbons (Fsp3) is 0.133. The number of nitrogens with zero attached hydrogens (tertiary/aromatic N) is 3. The van der Waals surface area contributed by atoms with Crippen LogP contribution in [0.3, 0.4) is 0 Å². The molecule has 7 heteroatoms. The molecule has 5 nitrogen and oxygen atoms in total. The molecule has 3 aromatic rings. The lowest BCUT2D eigenvalue weighted by Gasteiger charge is -2.05. The van der Waals surface area contributed by atoms with Gasteiger partial charge in [-0.25, -0.2) is 4.68 Å². The fourth-order valence-electron chi connectivity index (χ4n) is 2.09. The van der Waals surface area contributed by atoms with E-state index in [-0.39, 0.29) is 12.1 Å². The molecule has 0 saturated heterocycles. The summed E-state index contributed by atoms with van der Waals surface area (Å²) in [6.07, 6.45) is 1.42. The van der Waals surface area contributed by atoms with Gasteiger partial charge in [0, 0.05) is 22.2 Å². The van der Waals surface area contributed by atoms with Crippen molar-refractivity contribution in [1.29, 1.82) is 0 Å². The second-order valence-electron chi connectivity index (χ2n) is 4.74. The Morgan fingerprint density at radius 3 is 2.59 bits per heavy atom. The van der Waals surface area contributed by atoms with Gasteiger partial charge in [0.05, 0.1) is 17.8 Å². The third kappa shape index (κ3) is 2.91. The summed E-state index contributed by atoms with van der Waals surface area (Å²) in [5, 5.41) is 9.04. The average molecular weight is 336 g/mol. The van der Waals surface area contributed by atoms with E-state index in [0.29, 0.717) is 21.5 Å². The first-order valence-corrected chi connectivity index (χ1v) is 7.24. The van der Waals surface area contributed by atoms with Gasteiger partial charge >= 0.3 is 0 Å². The molecule has 3 rings (SSSR count). The van der Waals surface area contributed by atoms with Gasteiger partial charge in [-0.3, -0.25) is 4.79 Å². The zero-order valence-corrected chi connectivity index (χ0v) is 13.1. The van der Waals surface area contributed by atoms with Crippen LogP contribution >= 0.6 is 23.2 Å². The largest absolute Gasteiger partial charge is 0.361 e. The van der Waals surface area contributed by atoms with Crippen LogP contribution in [0, 0.1) is 6.92 Å². The van der Waals surface area contributed by atoms with Gasteiger partial charge in [0.15, 0.2) is 0 Å². The van der Waals surface area contributed by atoms with Crippen molar-refractivity contribution >= 4 is 23.2 Å². The molecule has 2 heterocycles. The monoisotopic (exact) mass is 335 g/mol. The third-order valence-electron chi connectivity index (χ3n) is 3.25. The van der Waals surface area contributed by atoms with Crippen LogP contribution in [0.1, 0.15) is 11.3 Å². The van der Waals surface area contributed by atoms with Gasteiger partial charge in [-0.05, 0) is 19.1 Å². The predicted octanol–water partition coefficient (Wildman–Crippen LogP) is 3.56. The molecular weight excluding hydrogens is 325 g/mol. The van der Waals surface area contributed by atoms with Crippen molar-refractivity contribution in [3.63, 3.8) is 0 Å². The van der Waals surface area contributed by atoms with Gasteiger partial charge in [-0.15, -0.1) is 0 Å². The number of hydrogen-bond donors (Lipinski definition) is 0. The first-order valence-electron chi connectivity index (χ1n) is 6.48. The molecule has 0 N–H and O–H groups in total. The van der Waals surface area contributed by atoms with Crippen molar-refractivity contribution in [2.75, 3.05) is 0 Å². The number of hydrogen-bond acceptors (Lipinski definition) is 4. The number of rotatable bonds is 3. The van der Waals surface area contributed by atoms with E-state index in [2.05, 4.69) is 10.3 Å².